The van der Waals surface area contributed by atoms with Crippen molar-refractivity contribution in [3.8, 4) is 0 Å². The Morgan fingerprint density at radius 2 is 2.00 bits per heavy atom. The Balaban J connectivity index is 2.41. The number of fused-ring (bicyclic) bond motifs is 3. The molecule has 17 heavy (non-hydrogen) atoms. The van der Waals surface area contributed by atoms with Crippen molar-refractivity contribution in [2.24, 2.45) is 0 Å². The molecule has 1 aliphatic heterocycles. The van der Waals surface area contributed by atoms with Crippen molar-refractivity contribution >= 4 is 22.7 Å². The van der Waals surface area contributed by atoms with E-state index in [-0.39, 0.29) is 0 Å². The maximum atomic E-state index is 11.2. The molecule has 0 atom stereocenters. The second-order valence-corrected chi connectivity index (χ2v) is 4.66. The lowest BCUT2D eigenvalue weighted by molar-refractivity contribution is 0.112. The highest BCUT2D eigenvalue weighted by molar-refractivity contribution is 6.05. The Morgan fingerprint density at radius 1 is 1.24 bits per heavy atom. The second kappa shape index (κ2) is 3.88. The monoisotopic (exact) mass is 225 g/mol. The molecule has 0 unspecified atom stereocenters. The first-order chi connectivity index (χ1) is 8.31. The molecular weight excluding hydrogens is 210 g/mol. The maximum absolute atomic E-state index is 11.2. The Kier molecular flexibility index (Phi) is 2.36. The van der Waals surface area contributed by atoms with Gasteiger partial charge in [0.2, 0.25) is 0 Å². The molecule has 0 saturated carbocycles. The standard InChI is InChI=1S/C15H15NO/c1-16-8-4-5-11-9-12(10-17)13-6-2-3-7-14(13)15(11)16/h2-3,6-7,9-10H,4-5,8H2,1H3. The molecule has 0 radical (unpaired) electrons. The molecule has 0 N–H and O–H groups in total. The van der Waals surface area contributed by atoms with Gasteiger partial charge in [0.15, 0.2) is 6.29 Å². The van der Waals surface area contributed by atoms with Gasteiger partial charge in [-0.2, -0.15) is 0 Å². The van der Waals surface area contributed by atoms with E-state index in [0.29, 0.717) is 0 Å². The number of carbonyl (C=O) groups excluding carboxylic acids is 1. The summed E-state index contributed by atoms with van der Waals surface area (Å²) in [6.07, 6.45) is 3.21. The van der Waals surface area contributed by atoms with Crippen molar-refractivity contribution in [1.29, 1.82) is 0 Å². The highest BCUT2D eigenvalue weighted by Gasteiger charge is 2.18. The summed E-state index contributed by atoms with van der Waals surface area (Å²) in [5.41, 5.74) is 3.42. The van der Waals surface area contributed by atoms with Crippen LogP contribution in [0.25, 0.3) is 10.8 Å². The lowest BCUT2D eigenvalue weighted by Crippen LogP contribution is -2.25. The molecule has 0 saturated heterocycles. The van der Waals surface area contributed by atoms with Crippen LogP contribution in [0.15, 0.2) is 30.3 Å². The number of aryl methyl sites for hydroxylation is 1. The van der Waals surface area contributed by atoms with Gasteiger partial charge in [0.25, 0.3) is 0 Å². The lowest BCUT2D eigenvalue weighted by atomic mass is 9.93. The third kappa shape index (κ3) is 1.52. The van der Waals surface area contributed by atoms with Crippen LogP contribution in [0.1, 0.15) is 22.3 Å². The first-order valence-electron chi connectivity index (χ1n) is 6.02. The largest absolute Gasteiger partial charge is 0.374 e. The third-order valence-corrected chi connectivity index (χ3v) is 3.58. The van der Waals surface area contributed by atoms with Gasteiger partial charge in [-0.25, -0.2) is 0 Å². The molecule has 1 heterocycles. The minimum atomic E-state index is 0.814. The topological polar surface area (TPSA) is 20.3 Å². The molecule has 0 fully saturated rings. The van der Waals surface area contributed by atoms with Crippen molar-refractivity contribution in [2.45, 2.75) is 12.8 Å². The van der Waals surface area contributed by atoms with Crippen LogP contribution in [-0.4, -0.2) is 19.9 Å². The number of anilines is 1. The van der Waals surface area contributed by atoms with Gasteiger partial charge in [0.05, 0.1) is 0 Å². The van der Waals surface area contributed by atoms with E-state index in [9.17, 15) is 4.79 Å². The number of rotatable bonds is 1. The molecule has 0 bridgehead atoms. The number of benzene rings is 2. The van der Waals surface area contributed by atoms with E-state index in [1.807, 2.05) is 18.2 Å². The quantitative estimate of drug-likeness (QED) is 0.695. The molecule has 3 rings (SSSR count). The van der Waals surface area contributed by atoms with E-state index in [4.69, 9.17) is 0 Å². The van der Waals surface area contributed by atoms with Gasteiger partial charge in [-0.15, -0.1) is 0 Å². The van der Waals surface area contributed by atoms with Crippen molar-refractivity contribution in [1.82, 2.24) is 0 Å². The predicted octanol–water partition coefficient (Wildman–Crippen LogP) is 3.03. The Bertz CT molecular complexity index is 589. The average Bonchev–Trinajstić information content (AvgIpc) is 2.37. The van der Waals surface area contributed by atoms with Gasteiger partial charge in [-0.3, -0.25) is 4.79 Å². The van der Waals surface area contributed by atoms with Crippen LogP contribution < -0.4 is 4.90 Å². The summed E-state index contributed by atoms with van der Waals surface area (Å²) < 4.78 is 0. The number of hydrogen-bond donors (Lipinski definition) is 0. The minimum absolute atomic E-state index is 0.814. The van der Waals surface area contributed by atoms with Crippen LogP contribution in [0, 0.1) is 0 Å². The molecule has 0 aliphatic carbocycles. The van der Waals surface area contributed by atoms with Crippen LogP contribution in [-0.2, 0) is 6.42 Å². The van der Waals surface area contributed by atoms with Gasteiger partial charge >= 0.3 is 0 Å². The first kappa shape index (κ1) is 10.3. The zero-order valence-electron chi connectivity index (χ0n) is 9.94. The number of nitrogens with zero attached hydrogens (tertiary/aromatic N) is 1. The van der Waals surface area contributed by atoms with Gasteiger partial charge in [-0.05, 0) is 29.9 Å². The normalized spacial score (nSPS) is 14.8. The Morgan fingerprint density at radius 3 is 2.76 bits per heavy atom. The van der Waals surface area contributed by atoms with E-state index in [2.05, 4.69) is 24.1 Å². The van der Waals surface area contributed by atoms with E-state index in [1.165, 1.54) is 23.1 Å². The summed E-state index contributed by atoms with van der Waals surface area (Å²) in [6, 6.07) is 10.2. The molecule has 0 amide bonds. The highest BCUT2D eigenvalue weighted by Crippen LogP contribution is 2.35. The van der Waals surface area contributed by atoms with Crippen LogP contribution in [0.5, 0.6) is 0 Å². The number of carbonyl (C=O) groups is 1. The van der Waals surface area contributed by atoms with E-state index in [1.54, 1.807) is 0 Å². The molecule has 0 spiro atoms. The summed E-state index contributed by atoms with van der Waals surface area (Å²) in [7, 11) is 2.13. The zero-order valence-corrected chi connectivity index (χ0v) is 9.94. The lowest BCUT2D eigenvalue weighted by Gasteiger charge is -2.29. The third-order valence-electron chi connectivity index (χ3n) is 3.58. The van der Waals surface area contributed by atoms with Crippen molar-refractivity contribution < 1.29 is 4.79 Å². The summed E-state index contributed by atoms with van der Waals surface area (Å²) in [5.74, 6) is 0. The van der Waals surface area contributed by atoms with Crippen LogP contribution >= 0.6 is 0 Å². The van der Waals surface area contributed by atoms with Crippen molar-refractivity contribution in [3.05, 3.63) is 41.5 Å². The first-order valence-corrected chi connectivity index (χ1v) is 6.02. The van der Waals surface area contributed by atoms with E-state index >= 15 is 0 Å². The van der Waals surface area contributed by atoms with E-state index < -0.39 is 0 Å². The molecule has 2 nitrogen and oxygen atoms in total. The fourth-order valence-corrected chi connectivity index (χ4v) is 2.81. The number of aldehydes is 1. The second-order valence-electron chi connectivity index (χ2n) is 4.66. The minimum Gasteiger partial charge on any atom is -0.374 e. The summed E-state index contributed by atoms with van der Waals surface area (Å²) in [6.45, 7) is 1.09. The molecular formula is C15H15NO. The van der Waals surface area contributed by atoms with E-state index in [0.717, 1.165) is 30.2 Å². The molecule has 0 aromatic heterocycles. The van der Waals surface area contributed by atoms with Crippen molar-refractivity contribution in [3.63, 3.8) is 0 Å². The molecule has 2 heteroatoms. The Labute approximate surface area is 101 Å². The van der Waals surface area contributed by atoms with Crippen LogP contribution in [0.4, 0.5) is 5.69 Å². The number of hydrogen-bond acceptors (Lipinski definition) is 2. The van der Waals surface area contributed by atoms with Crippen LogP contribution in [0.3, 0.4) is 0 Å². The SMILES string of the molecule is CN1CCCc2cc(C=O)c3ccccc3c21. The van der Waals surface area contributed by atoms with Crippen molar-refractivity contribution in [2.75, 3.05) is 18.5 Å². The summed E-state index contributed by atoms with van der Waals surface area (Å²) >= 11 is 0. The molecule has 1 aliphatic rings. The fourth-order valence-electron chi connectivity index (χ4n) is 2.81. The maximum Gasteiger partial charge on any atom is 0.150 e. The molecule has 2 aromatic rings. The average molecular weight is 225 g/mol. The highest BCUT2D eigenvalue weighted by atomic mass is 16.1. The Hall–Kier alpha value is -1.83. The van der Waals surface area contributed by atoms with Gasteiger partial charge in [0.1, 0.15) is 0 Å². The summed E-state index contributed by atoms with van der Waals surface area (Å²) in [4.78, 5) is 13.5. The van der Waals surface area contributed by atoms with Gasteiger partial charge in [0, 0.05) is 30.2 Å². The fraction of sp³-hybridized carbons (Fsp3) is 0.267. The smallest absolute Gasteiger partial charge is 0.150 e. The van der Waals surface area contributed by atoms with Crippen LogP contribution in [0.2, 0.25) is 0 Å². The van der Waals surface area contributed by atoms with Gasteiger partial charge in [-0.1, -0.05) is 24.3 Å². The zero-order chi connectivity index (χ0) is 11.8. The predicted molar refractivity (Wildman–Crippen MR) is 70.9 cm³/mol. The molecule has 2 aromatic carbocycles. The summed E-state index contributed by atoms with van der Waals surface area (Å²) in [5, 5.41) is 2.27. The molecule has 86 valence electrons. The van der Waals surface area contributed by atoms with Gasteiger partial charge < -0.3 is 4.90 Å².